The first-order valence-corrected chi connectivity index (χ1v) is 6.33. The molecule has 0 fully saturated rings. The van der Waals surface area contributed by atoms with E-state index in [1.54, 1.807) is 20.4 Å². The Morgan fingerprint density at radius 3 is 2.56 bits per heavy atom. The van der Waals surface area contributed by atoms with Crippen molar-refractivity contribution in [2.45, 2.75) is 0 Å². The van der Waals surface area contributed by atoms with Gasteiger partial charge >= 0.3 is 0 Å². The van der Waals surface area contributed by atoms with Gasteiger partial charge in [-0.1, -0.05) is 12.2 Å². The summed E-state index contributed by atoms with van der Waals surface area (Å²) >= 11 is 8.46. The Balaban J connectivity index is 2.50. The highest BCUT2D eigenvalue weighted by atomic mass is 79.9. The lowest BCUT2D eigenvalue weighted by molar-refractivity contribution is 0.355. The number of aromatic amines is 1. The zero-order chi connectivity index (χ0) is 13.1. The van der Waals surface area contributed by atoms with Gasteiger partial charge in [0.05, 0.1) is 18.7 Å². The lowest BCUT2D eigenvalue weighted by Gasteiger charge is -2.09. The van der Waals surface area contributed by atoms with Gasteiger partial charge in [0.1, 0.15) is 10.5 Å². The fourth-order valence-corrected chi connectivity index (χ4v) is 1.86. The largest absolute Gasteiger partial charge is 0.493 e. The summed E-state index contributed by atoms with van der Waals surface area (Å²) in [6.07, 6.45) is 1.67. The van der Waals surface area contributed by atoms with Gasteiger partial charge in [-0.25, -0.2) is 4.98 Å². The SMILES string of the molecule is COc1ccc(-c2ncc(Br)c(=S)[nH]2)cc1OC. The number of rotatable bonds is 3. The van der Waals surface area contributed by atoms with Gasteiger partial charge in [0.25, 0.3) is 0 Å². The predicted octanol–water partition coefficient (Wildman–Crippen LogP) is 3.59. The zero-order valence-electron chi connectivity index (χ0n) is 9.86. The quantitative estimate of drug-likeness (QED) is 0.875. The second kappa shape index (κ2) is 5.49. The second-order valence-corrected chi connectivity index (χ2v) is 4.74. The maximum absolute atomic E-state index is 5.25. The van der Waals surface area contributed by atoms with E-state index in [0.29, 0.717) is 22.0 Å². The van der Waals surface area contributed by atoms with E-state index in [9.17, 15) is 0 Å². The van der Waals surface area contributed by atoms with Gasteiger partial charge in [-0.15, -0.1) is 0 Å². The molecule has 0 unspecified atom stereocenters. The molecule has 4 nitrogen and oxygen atoms in total. The van der Waals surface area contributed by atoms with Gasteiger partial charge in [-0.3, -0.25) is 0 Å². The lowest BCUT2D eigenvalue weighted by atomic mass is 10.2. The Kier molecular flexibility index (Phi) is 3.98. The minimum absolute atomic E-state index is 0.606. The van der Waals surface area contributed by atoms with Gasteiger partial charge in [0.15, 0.2) is 11.5 Å². The molecular weight excluding hydrogens is 316 g/mol. The van der Waals surface area contributed by atoms with Crippen LogP contribution in [0.25, 0.3) is 11.4 Å². The van der Waals surface area contributed by atoms with Crippen molar-refractivity contribution in [3.05, 3.63) is 33.5 Å². The normalized spacial score (nSPS) is 10.2. The van der Waals surface area contributed by atoms with Crippen LogP contribution in [0.1, 0.15) is 0 Å². The molecule has 6 heteroatoms. The molecule has 2 aromatic rings. The Hall–Kier alpha value is -1.40. The summed E-state index contributed by atoms with van der Waals surface area (Å²) in [5.74, 6) is 2.01. The van der Waals surface area contributed by atoms with E-state index < -0.39 is 0 Å². The Morgan fingerprint density at radius 1 is 1.22 bits per heavy atom. The van der Waals surface area contributed by atoms with Crippen molar-refractivity contribution in [3.63, 3.8) is 0 Å². The van der Waals surface area contributed by atoms with Crippen molar-refractivity contribution in [3.8, 4) is 22.9 Å². The minimum atomic E-state index is 0.606. The molecule has 18 heavy (non-hydrogen) atoms. The highest BCUT2D eigenvalue weighted by Gasteiger charge is 2.07. The number of ether oxygens (including phenoxy) is 2. The van der Waals surface area contributed by atoms with Crippen molar-refractivity contribution < 1.29 is 9.47 Å². The zero-order valence-corrected chi connectivity index (χ0v) is 12.3. The summed E-state index contributed by atoms with van der Waals surface area (Å²) in [7, 11) is 3.20. The van der Waals surface area contributed by atoms with Crippen molar-refractivity contribution in [2.75, 3.05) is 14.2 Å². The monoisotopic (exact) mass is 326 g/mol. The van der Waals surface area contributed by atoms with Gasteiger partial charge in [-0.05, 0) is 34.1 Å². The molecule has 2 rings (SSSR count). The number of nitrogens with one attached hydrogen (secondary N) is 1. The highest BCUT2D eigenvalue weighted by Crippen LogP contribution is 2.31. The molecule has 0 saturated carbocycles. The summed E-state index contributed by atoms with van der Waals surface area (Å²) in [5, 5.41) is 0. The van der Waals surface area contributed by atoms with Crippen LogP contribution in [0.2, 0.25) is 0 Å². The standard InChI is InChI=1S/C12H11BrN2O2S/c1-16-9-4-3-7(5-10(9)17-2)11-14-6-8(13)12(18)15-11/h3-6H,1-2H3,(H,14,15,18). The topological polar surface area (TPSA) is 47.1 Å². The smallest absolute Gasteiger partial charge is 0.161 e. The summed E-state index contributed by atoms with van der Waals surface area (Å²) in [4.78, 5) is 7.32. The van der Waals surface area contributed by atoms with E-state index in [0.717, 1.165) is 10.0 Å². The van der Waals surface area contributed by atoms with Crippen LogP contribution in [0.15, 0.2) is 28.9 Å². The van der Waals surface area contributed by atoms with E-state index in [1.807, 2.05) is 18.2 Å². The third-order valence-electron chi connectivity index (χ3n) is 2.41. The van der Waals surface area contributed by atoms with Crippen LogP contribution in [-0.2, 0) is 0 Å². The average Bonchev–Trinajstić information content (AvgIpc) is 2.41. The van der Waals surface area contributed by atoms with Crippen molar-refractivity contribution in [1.29, 1.82) is 0 Å². The Labute approximate surface area is 118 Å². The van der Waals surface area contributed by atoms with Gasteiger partial charge in [0.2, 0.25) is 0 Å². The number of aromatic nitrogens is 2. The van der Waals surface area contributed by atoms with E-state index in [2.05, 4.69) is 25.9 Å². The molecule has 94 valence electrons. The van der Waals surface area contributed by atoms with E-state index in [1.165, 1.54) is 0 Å². The molecule has 0 atom stereocenters. The Morgan fingerprint density at radius 2 is 1.94 bits per heavy atom. The van der Waals surface area contributed by atoms with E-state index >= 15 is 0 Å². The maximum atomic E-state index is 5.25. The number of hydrogen-bond acceptors (Lipinski definition) is 4. The van der Waals surface area contributed by atoms with Crippen LogP contribution < -0.4 is 9.47 Å². The van der Waals surface area contributed by atoms with Crippen molar-refractivity contribution >= 4 is 28.1 Å². The number of hydrogen-bond donors (Lipinski definition) is 1. The van der Waals surface area contributed by atoms with Crippen LogP contribution in [0.4, 0.5) is 0 Å². The van der Waals surface area contributed by atoms with Crippen molar-refractivity contribution in [1.82, 2.24) is 9.97 Å². The third kappa shape index (κ3) is 2.54. The number of methoxy groups -OCH3 is 2. The van der Waals surface area contributed by atoms with Gasteiger partial charge in [-0.2, -0.15) is 0 Å². The molecule has 0 amide bonds. The summed E-state index contributed by atoms with van der Waals surface area (Å²) in [5.41, 5.74) is 0.881. The molecular formula is C12H11BrN2O2S. The second-order valence-electron chi connectivity index (χ2n) is 3.48. The summed E-state index contributed by atoms with van der Waals surface area (Å²) < 4.78 is 11.8. The average molecular weight is 327 g/mol. The molecule has 0 aliphatic heterocycles. The number of nitrogens with zero attached hydrogens (tertiary/aromatic N) is 1. The molecule has 0 spiro atoms. The van der Waals surface area contributed by atoms with E-state index in [4.69, 9.17) is 21.7 Å². The number of halogens is 1. The molecule has 1 aromatic carbocycles. The number of benzene rings is 1. The third-order valence-corrected chi connectivity index (χ3v) is 3.60. The fraction of sp³-hybridized carbons (Fsp3) is 0.167. The first-order valence-electron chi connectivity index (χ1n) is 5.13. The van der Waals surface area contributed by atoms with Crippen molar-refractivity contribution in [2.24, 2.45) is 0 Å². The molecule has 0 radical (unpaired) electrons. The minimum Gasteiger partial charge on any atom is -0.493 e. The summed E-state index contributed by atoms with van der Waals surface area (Å²) in [6, 6.07) is 5.57. The van der Waals surface area contributed by atoms with Crippen LogP contribution in [0.3, 0.4) is 0 Å². The first kappa shape index (κ1) is 13.0. The van der Waals surface area contributed by atoms with Crippen LogP contribution in [-0.4, -0.2) is 24.2 Å². The number of H-pyrrole nitrogens is 1. The van der Waals surface area contributed by atoms with E-state index in [-0.39, 0.29) is 0 Å². The predicted molar refractivity (Wildman–Crippen MR) is 75.7 cm³/mol. The molecule has 1 N–H and O–H groups in total. The maximum Gasteiger partial charge on any atom is 0.161 e. The van der Waals surface area contributed by atoms with Gasteiger partial charge < -0.3 is 14.5 Å². The molecule has 1 heterocycles. The Bertz CT molecular complexity index is 628. The highest BCUT2D eigenvalue weighted by molar-refractivity contribution is 9.10. The summed E-state index contributed by atoms with van der Waals surface area (Å²) in [6.45, 7) is 0. The van der Waals surface area contributed by atoms with Crippen LogP contribution >= 0.6 is 28.1 Å². The molecule has 0 bridgehead atoms. The first-order chi connectivity index (χ1) is 8.65. The molecule has 0 aliphatic rings. The molecule has 0 aliphatic carbocycles. The molecule has 1 aromatic heterocycles. The van der Waals surface area contributed by atoms with Crippen LogP contribution in [0, 0.1) is 4.64 Å². The van der Waals surface area contributed by atoms with Crippen LogP contribution in [0.5, 0.6) is 11.5 Å². The fourth-order valence-electron chi connectivity index (χ4n) is 1.51. The lowest BCUT2D eigenvalue weighted by Crippen LogP contribution is -1.93. The van der Waals surface area contributed by atoms with Gasteiger partial charge in [0, 0.05) is 11.8 Å². The molecule has 0 saturated heterocycles.